The minimum absolute atomic E-state index is 1.16. The Morgan fingerprint density at radius 3 is 2.06 bits per heavy atom. The first-order valence-electron chi connectivity index (χ1n) is 5.35. The van der Waals surface area contributed by atoms with Gasteiger partial charge in [0.05, 0.1) is 0 Å². The highest BCUT2D eigenvalue weighted by Gasteiger charge is 1.92. The van der Waals surface area contributed by atoms with Crippen molar-refractivity contribution in [1.29, 1.82) is 0 Å². The summed E-state index contributed by atoms with van der Waals surface area (Å²) >= 11 is 0. The molecule has 2 aromatic rings. The molecule has 0 aliphatic carbocycles. The quantitative estimate of drug-likeness (QED) is 0.639. The van der Waals surface area contributed by atoms with E-state index >= 15 is 0 Å². The van der Waals surface area contributed by atoms with Gasteiger partial charge in [-0.2, -0.15) is 0 Å². The monoisotopic (exact) mass is 206 g/mol. The van der Waals surface area contributed by atoms with Gasteiger partial charge in [-0.15, -0.1) is 0 Å². The van der Waals surface area contributed by atoms with Crippen molar-refractivity contribution in [1.82, 2.24) is 0 Å². The van der Waals surface area contributed by atoms with Crippen molar-refractivity contribution in [3.8, 4) is 0 Å². The van der Waals surface area contributed by atoms with E-state index in [-0.39, 0.29) is 0 Å². The average Bonchev–Trinajstić information content (AvgIpc) is 2.34. The van der Waals surface area contributed by atoms with Crippen LogP contribution in [0.2, 0.25) is 0 Å². The molecule has 0 amide bonds. The van der Waals surface area contributed by atoms with E-state index in [4.69, 9.17) is 0 Å². The van der Waals surface area contributed by atoms with Crippen LogP contribution in [0.1, 0.15) is 5.56 Å². The molecule has 0 heterocycles. The second kappa shape index (κ2) is 5.13. The minimum Gasteiger partial charge on any atom is -0.0984 e. The summed E-state index contributed by atoms with van der Waals surface area (Å²) in [5.74, 6) is 0. The molecule has 2 rings (SSSR count). The van der Waals surface area contributed by atoms with Crippen LogP contribution < -0.4 is 0 Å². The molecule has 16 heavy (non-hydrogen) atoms. The highest BCUT2D eigenvalue weighted by molar-refractivity contribution is 5.89. The van der Waals surface area contributed by atoms with Crippen molar-refractivity contribution in [3.05, 3.63) is 78.9 Å². The molecule has 0 radical (unpaired) electrons. The summed E-state index contributed by atoms with van der Waals surface area (Å²) in [5, 5.41) is 2.43. The molecule has 0 fully saturated rings. The molecule has 0 aliphatic rings. The van der Waals surface area contributed by atoms with Crippen molar-refractivity contribution in [3.63, 3.8) is 0 Å². The largest absolute Gasteiger partial charge is 0.0984 e. The Hall–Kier alpha value is -2.08. The van der Waals surface area contributed by atoms with Gasteiger partial charge in [-0.05, 0) is 16.3 Å². The van der Waals surface area contributed by atoms with E-state index in [2.05, 4.69) is 49.0 Å². The molecular weight excluding hydrogens is 192 g/mol. The maximum Gasteiger partial charge on any atom is -0.0112 e. The Bertz CT molecular complexity index is 551. The summed E-state index contributed by atoms with van der Waals surface area (Å²) < 4.78 is 0. The molecule has 0 saturated heterocycles. The summed E-state index contributed by atoms with van der Waals surface area (Å²) in [6.07, 6.45) is 1.89. The minimum atomic E-state index is 1.16. The topological polar surface area (TPSA) is 0 Å². The molecule has 0 aliphatic heterocycles. The highest BCUT2D eigenvalue weighted by atomic mass is 14.0. The van der Waals surface area contributed by atoms with Crippen molar-refractivity contribution in [2.24, 2.45) is 0 Å². The summed E-state index contributed by atoms with van der Waals surface area (Å²) in [6.45, 7) is 3.85. The fraction of sp³-hybridized carbons (Fsp3) is 0. The van der Waals surface area contributed by atoms with Gasteiger partial charge in [0.1, 0.15) is 0 Å². The van der Waals surface area contributed by atoms with Crippen LogP contribution in [0.4, 0.5) is 0 Å². The van der Waals surface area contributed by atoms with Crippen LogP contribution in [-0.4, -0.2) is 0 Å². The molecule has 78 valence electrons. The van der Waals surface area contributed by atoms with Crippen LogP contribution in [0.25, 0.3) is 16.8 Å². The van der Waals surface area contributed by atoms with Crippen molar-refractivity contribution < 1.29 is 0 Å². The zero-order chi connectivity index (χ0) is 11.2. The molecule has 0 saturated carbocycles. The van der Waals surface area contributed by atoms with Crippen LogP contribution in [0, 0.1) is 0 Å². The lowest BCUT2D eigenvalue weighted by molar-refractivity contribution is 1.72. The van der Waals surface area contributed by atoms with Gasteiger partial charge in [-0.1, -0.05) is 79.4 Å². The SMILES string of the molecule is C=Cc1cccc2ccccccccc12. The van der Waals surface area contributed by atoms with Crippen LogP contribution in [0.5, 0.6) is 0 Å². The smallest absolute Gasteiger partial charge is 0.0112 e. The molecule has 0 spiro atoms. The molecule has 0 aromatic heterocycles. The van der Waals surface area contributed by atoms with Gasteiger partial charge < -0.3 is 0 Å². The fourth-order valence-electron chi connectivity index (χ4n) is 1.69. The molecular formula is C16H14. The van der Waals surface area contributed by atoms with Gasteiger partial charge in [-0.25, -0.2) is 0 Å². The average molecular weight is 206 g/mol. The van der Waals surface area contributed by atoms with Crippen LogP contribution in [0.15, 0.2) is 73.3 Å². The van der Waals surface area contributed by atoms with E-state index in [1.165, 1.54) is 10.8 Å². The van der Waals surface area contributed by atoms with Gasteiger partial charge in [0, 0.05) is 0 Å². The Morgan fingerprint density at radius 2 is 1.31 bits per heavy atom. The first kappa shape index (κ1) is 10.4. The third kappa shape index (κ3) is 2.29. The third-order valence-corrected chi connectivity index (χ3v) is 2.49. The van der Waals surface area contributed by atoms with Gasteiger partial charge in [0.25, 0.3) is 0 Å². The Morgan fingerprint density at radius 1 is 0.688 bits per heavy atom. The summed E-state index contributed by atoms with van der Waals surface area (Å²) in [7, 11) is 0. The molecule has 0 unspecified atom stereocenters. The lowest BCUT2D eigenvalue weighted by Crippen LogP contribution is -1.74. The molecule has 0 bridgehead atoms. The molecule has 0 heteroatoms. The molecule has 0 nitrogen and oxygen atoms in total. The maximum atomic E-state index is 3.85. The summed E-state index contributed by atoms with van der Waals surface area (Å²) in [6, 6.07) is 22.7. The number of benzene rings is 1. The number of hydrogen-bond donors (Lipinski definition) is 0. The van der Waals surface area contributed by atoms with E-state index in [1.54, 1.807) is 0 Å². The third-order valence-electron chi connectivity index (χ3n) is 2.49. The van der Waals surface area contributed by atoms with Crippen LogP contribution >= 0.6 is 0 Å². The Kier molecular flexibility index (Phi) is 3.35. The second-order valence-corrected chi connectivity index (χ2v) is 3.54. The second-order valence-electron chi connectivity index (χ2n) is 3.54. The first-order chi connectivity index (χ1) is 7.92. The van der Waals surface area contributed by atoms with Gasteiger partial charge in [0.15, 0.2) is 0 Å². The fourth-order valence-corrected chi connectivity index (χ4v) is 1.69. The molecule has 0 N–H and O–H groups in total. The van der Waals surface area contributed by atoms with E-state index < -0.39 is 0 Å². The summed E-state index contributed by atoms with van der Waals surface area (Å²) in [5.41, 5.74) is 1.16. The van der Waals surface area contributed by atoms with E-state index in [9.17, 15) is 0 Å². The molecule has 2 aromatic carbocycles. The first-order valence-corrected chi connectivity index (χ1v) is 5.35. The highest BCUT2D eigenvalue weighted by Crippen LogP contribution is 2.17. The number of fused-ring (bicyclic) bond motifs is 1. The Balaban J connectivity index is 2.85. The lowest BCUT2D eigenvalue weighted by atomic mass is 10.1. The predicted octanol–water partition coefficient (Wildman–Crippen LogP) is 4.61. The van der Waals surface area contributed by atoms with Gasteiger partial charge in [-0.3, -0.25) is 0 Å². The van der Waals surface area contributed by atoms with E-state index in [0.717, 1.165) is 5.56 Å². The van der Waals surface area contributed by atoms with Crippen LogP contribution in [0.3, 0.4) is 0 Å². The summed E-state index contributed by atoms with van der Waals surface area (Å²) in [4.78, 5) is 0. The number of hydrogen-bond acceptors (Lipinski definition) is 0. The number of rotatable bonds is 1. The zero-order valence-electron chi connectivity index (χ0n) is 9.14. The van der Waals surface area contributed by atoms with E-state index in [0.29, 0.717) is 0 Å². The van der Waals surface area contributed by atoms with Gasteiger partial charge in [0.2, 0.25) is 0 Å². The van der Waals surface area contributed by atoms with Crippen LogP contribution in [-0.2, 0) is 0 Å². The standard InChI is InChI=1S/C16H14/c1-2-14-11-9-12-15-10-7-5-3-4-6-8-13-16(14)15/h2-13H,1H2. The normalized spacial score (nSPS) is 9.50. The molecule has 0 atom stereocenters. The van der Waals surface area contributed by atoms with Crippen molar-refractivity contribution in [2.45, 2.75) is 0 Å². The lowest BCUT2D eigenvalue weighted by Gasteiger charge is -1.98. The Labute approximate surface area is 96.2 Å². The van der Waals surface area contributed by atoms with Crippen molar-refractivity contribution >= 4 is 16.8 Å². The van der Waals surface area contributed by atoms with E-state index in [1.807, 2.05) is 30.3 Å². The zero-order valence-corrected chi connectivity index (χ0v) is 9.14. The maximum absolute atomic E-state index is 3.85. The van der Waals surface area contributed by atoms with Gasteiger partial charge >= 0.3 is 0 Å². The van der Waals surface area contributed by atoms with Crippen molar-refractivity contribution in [2.75, 3.05) is 0 Å². The predicted molar refractivity (Wildman–Crippen MR) is 71.7 cm³/mol.